The molecule has 0 radical (unpaired) electrons. The van der Waals surface area contributed by atoms with Gasteiger partial charge in [-0.15, -0.1) is 0 Å². The number of nitrogens with one attached hydrogen (secondary N) is 3. The smallest absolute Gasteiger partial charge is 0.261 e. The number of hydrogen-bond donors (Lipinski definition) is 3. The van der Waals surface area contributed by atoms with Crippen molar-refractivity contribution < 1.29 is 17.6 Å². The lowest BCUT2D eigenvalue weighted by Gasteiger charge is -2.08. The zero-order valence-electron chi connectivity index (χ0n) is 14.9. The number of benzene rings is 3. The van der Waals surface area contributed by atoms with E-state index in [1.165, 1.54) is 30.3 Å². The summed E-state index contributed by atoms with van der Waals surface area (Å²) in [5, 5.41) is 9.91. The van der Waals surface area contributed by atoms with Gasteiger partial charge in [0.1, 0.15) is 5.82 Å². The molecule has 0 atom stereocenters. The molecule has 4 aromatic rings. The first-order chi connectivity index (χ1) is 13.9. The quantitative estimate of drug-likeness (QED) is 0.466. The fourth-order valence-corrected chi connectivity index (χ4v) is 3.87. The molecular weight excluding hydrogens is 395 g/mol. The van der Waals surface area contributed by atoms with Crippen LogP contribution in [0, 0.1) is 5.82 Å². The summed E-state index contributed by atoms with van der Waals surface area (Å²) in [7, 11) is -3.97. The van der Waals surface area contributed by atoms with E-state index in [0.717, 1.165) is 6.07 Å². The first kappa shape index (κ1) is 18.6. The number of hydrogen-bond acceptors (Lipinski definition) is 4. The van der Waals surface area contributed by atoms with Crippen molar-refractivity contribution in [2.45, 2.75) is 4.90 Å². The van der Waals surface area contributed by atoms with Gasteiger partial charge in [-0.3, -0.25) is 14.6 Å². The molecular formula is C20H15FN4O3S. The van der Waals surface area contributed by atoms with Crippen LogP contribution in [0.4, 0.5) is 15.9 Å². The largest absolute Gasteiger partial charge is 0.305 e. The van der Waals surface area contributed by atoms with E-state index in [0.29, 0.717) is 16.5 Å². The molecule has 29 heavy (non-hydrogen) atoms. The summed E-state index contributed by atoms with van der Waals surface area (Å²) >= 11 is 0. The van der Waals surface area contributed by atoms with E-state index in [1.54, 1.807) is 36.4 Å². The number of aromatic nitrogens is 2. The normalized spacial score (nSPS) is 11.3. The van der Waals surface area contributed by atoms with E-state index in [1.807, 2.05) is 0 Å². The molecule has 0 saturated carbocycles. The Bertz CT molecular complexity index is 1300. The van der Waals surface area contributed by atoms with Crippen molar-refractivity contribution in [3.05, 3.63) is 84.2 Å². The minimum atomic E-state index is -3.97. The maximum atomic E-state index is 13.3. The number of fused-ring (bicyclic) bond motifs is 1. The number of halogens is 1. The summed E-state index contributed by atoms with van der Waals surface area (Å²) in [4.78, 5) is 12.3. The van der Waals surface area contributed by atoms with Crippen molar-refractivity contribution in [3.63, 3.8) is 0 Å². The van der Waals surface area contributed by atoms with Crippen LogP contribution in [0.2, 0.25) is 0 Å². The third-order valence-electron chi connectivity index (χ3n) is 4.19. The first-order valence-corrected chi connectivity index (χ1v) is 10.0. The number of amides is 1. The predicted octanol–water partition coefficient (Wildman–Crippen LogP) is 3.76. The van der Waals surface area contributed by atoms with Gasteiger partial charge in [-0.25, -0.2) is 12.8 Å². The number of rotatable bonds is 5. The zero-order chi connectivity index (χ0) is 20.4. The second-order valence-corrected chi connectivity index (χ2v) is 7.90. The Kier molecular flexibility index (Phi) is 4.73. The van der Waals surface area contributed by atoms with Gasteiger partial charge in [0.25, 0.3) is 15.9 Å². The lowest BCUT2D eigenvalue weighted by atomic mass is 10.2. The van der Waals surface area contributed by atoms with Gasteiger partial charge in [0.2, 0.25) is 0 Å². The standard InChI is InChI=1S/C20H15FN4O3S/c21-14-7-4-8-15(11-14)25-29(27,28)16-9-10-18-17(12-16)19(24-23-18)22-20(26)13-5-2-1-3-6-13/h1-12,25H,(H2,22,23,24,26). The molecule has 3 N–H and O–H groups in total. The third kappa shape index (κ3) is 3.94. The summed E-state index contributed by atoms with van der Waals surface area (Å²) in [6, 6.07) is 18.1. The predicted molar refractivity (Wildman–Crippen MR) is 108 cm³/mol. The Morgan fingerprint density at radius 1 is 0.966 bits per heavy atom. The van der Waals surface area contributed by atoms with Gasteiger partial charge >= 0.3 is 0 Å². The molecule has 0 aliphatic rings. The van der Waals surface area contributed by atoms with Crippen molar-refractivity contribution >= 4 is 38.3 Å². The van der Waals surface area contributed by atoms with Gasteiger partial charge in [0, 0.05) is 10.9 Å². The highest BCUT2D eigenvalue weighted by molar-refractivity contribution is 7.92. The fraction of sp³-hybridized carbons (Fsp3) is 0. The first-order valence-electron chi connectivity index (χ1n) is 8.55. The van der Waals surface area contributed by atoms with E-state index in [9.17, 15) is 17.6 Å². The van der Waals surface area contributed by atoms with E-state index in [4.69, 9.17) is 0 Å². The van der Waals surface area contributed by atoms with Crippen LogP contribution in [0.15, 0.2) is 77.7 Å². The molecule has 0 saturated heterocycles. The van der Waals surface area contributed by atoms with Gasteiger partial charge in [0.15, 0.2) is 5.82 Å². The van der Waals surface area contributed by atoms with Crippen LogP contribution in [0.5, 0.6) is 0 Å². The van der Waals surface area contributed by atoms with Crippen LogP contribution >= 0.6 is 0 Å². The molecule has 1 aromatic heterocycles. The van der Waals surface area contributed by atoms with Crippen LogP contribution in [0.3, 0.4) is 0 Å². The van der Waals surface area contributed by atoms with Crippen LogP contribution in [-0.4, -0.2) is 24.5 Å². The minimum absolute atomic E-state index is 0.0501. The summed E-state index contributed by atoms with van der Waals surface area (Å²) in [5.74, 6) is -0.719. The molecule has 146 valence electrons. The van der Waals surface area contributed by atoms with E-state index in [-0.39, 0.29) is 22.3 Å². The molecule has 0 spiro atoms. The van der Waals surface area contributed by atoms with Crippen LogP contribution in [-0.2, 0) is 10.0 Å². The molecule has 4 rings (SSSR count). The minimum Gasteiger partial charge on any atom is -0.305 e. The summed E-state index contributed by atoms with van der Waals surface area (Å²) < 4.78 is 41.0. The lowest BCUT2D eigenvalue weighted by Crippen LogP contribution is -2.13. The number of carbonyl (C=O) groups excluding carboxylic acids is 1. The second-order valence-electron chi connectivity index (χ2n) is 6.22. The van der Waals surface area contributed by atoms with E-state index >= 15 is 0 Å². The molecule has 1 heterocycles. The number of sulfonamides is 1. The lowest BCUT2D eigenvalue weighted by molar-refractivity contribution is 0.102. The van der Waals surface area contributed by atoms with Gasteiger partial charge in [-0.05, 0) is 48.5 Å². The average molecular weight is 410 g/mol. The summed E-state index contributed by atoms with van der Waals surface area (Å²) in [6.07, 6.45) is 0. The molecule has 0 unspecified atom stereocenters. The van der Waals surface area contributed by atoms with Crippen molar-refractivity contribution in [2.75, 3.05) is 10.0 Å². The summed E-state index contributed by atoms with van der Waals surface area (Å²) in [6.45, 7) is 0. The van der Waals surface area contributed by atoms with Crippen LogP contribution < -0.4 is 10.0 Å². The van der Waals surface area contributed by atoms with E-state index in [2.05, 4.69) is 20.2 Å². The number of nitrogens with zero attached hydrogens (tertiary/aromatic N) is 1. The van der Waals surface area contributed by atoms with Crippen molar-refractivity contribution in [1.82, 2.24) is 10.2 Å². The Labute approximate surface area is 165 Å². The molecule has 0 aliphatic carbocycles. The molecule has 1 amide bonds. The molecule has 0 bridgehead atoms. The molecule has 3 aromatic carbocycles. The Hall–Kier alpha value is -3.72. The maximum Gasteiger partial charge on any atom is 0.261 e. The highest BCUT2D eigenvalue weighted by Crippen LogP contribution is 2.25. The highest BCUT2D eigenvalue weighted by Gasteiger charge is 2.18. The van der Waals surface area contributed by atoms with E-state index < -0.39 is 15.8 Å². The zero-order valence-corrected chi connectivity index (χ0v) is 15.7. The molecule has 9 heteroatoms. The second kappa shape index (κ2) is 7.36. The van der Waals surface area contributed by atoms with Gasteiger partial charge in [-0.2, -0.15) is 5.10 Å². The van der Waals surface area contributed by atoms with Gasteiger partial charge in [-0.1, -0.05) is 24.3 Å². The average Bonchev–Trinajstić information content (AvgIpc) is 3.10. The van der Waals surface area contributed by atoms with Crippen LogP contribution in [0.1, 0.15) is 10.4 Å². The summed E-state index contributed by atoms with van der Waals surface area (Å²) in [5.41, 5.74) is 1.10. The Morgan fingerprint density at radius 2 is 1.76 bits per heavy atom. The fourth-order valence-electron chi connectivity index (χ4n) is 2.79. The van der Waals surface area contributed by atoms with Crippen LogP contribution in [0.25, 0.3) is 10.9 Å². The maximum absolute atomic E-state index is 13.3. The Balaban J connectivity index is 1.65. The van der Waals surface area contributed by atoms with Crippen molar-refractivity contribution in [2.24, 2.45) is 0 Å². The SMILES string of the molecule is O=C(Nc1n[nH]c2ccc(S(=O)(=O)Nc3cccc(F)c3)cc12)c1ccccc1. The third-order valence-corrected chi connectivity index (χ3v) is 5.57. The van der Waals surface area contributed by atoms with Crippen molar-refractivity contribution in [1.29, 1.82) is 0 Å². The topological polar surface area (TPSA) is 104 Å². The number of H-pyrrole nitrogens is 1. The number of aromatic amines is 1. The van der Waals surface area contributed by atoms with Crippen molar-refractivity contribution in [3.8, 4) is 0 Å². The molecule has 0 fully saturated rings. The highest BCUT2D eigenvalue weighted by atomic mass is 32.2. The Morgan fingerprint density at radius 3 is 2.52 bits per heavy atom. The van der Waals surface area contributed by atoms with Gasteiger partial charge < -0.3 is 5.32 Å². The molecule has 7 nitrogen and oxygen atoms in total. The monoisotopic (exact) mass is 410 g/mol. The number of anilines is 2. The van der Waals surface area contributed by atoms with Gasteiger partial charge in [0.05, 0.1) is 16.1 Å². The number of carbonyl (C=O) groups is 1. The molecule has 0 aliphatic heterocycles.